The molecule has 2 aromatic heterocycles. The first-order chi connectivity index (χ1) is 27.1. The fraction of sp³-hybridized carbons (Fsp3) is 0.0455. The van der Waals surface area contributed by atoms with Crippen LogP contribution < -0.4 is 20.4 Å². The molecule has 2 heterocycles. The number of carbonyl (C=O) groups is 2. The zero-order valence-electron chi connectivity index (χ0n) is 31.7. The third-order valence-corrected chi connectivity index (χ3v) is 7.62. The summed E-state index contributed by atoms with van der Waals surface area (Å²) in [6.45, 7) is 1.94. The van der Waals surface area contributed by atoms with Crippen LogP contribution in [-0.4, -0.2) is 44.3 Å². The van der Waals surface area contributed by atoms with E-state index in [9.17, 15) is 10.2 Å². The van der Waals surface area contributed by atoms with Gasteiger partial charge in [-0.3, -0.25) is 9.98 Å². The normalized spacial score (nSPS) is 10.2. The molecule has 0 saturated carbocycles. The van der Waals surface area contributed by atoms with Gasteiger partial charge in [-0.25, -0.2) is 9.97 Å². The van der Waals surface area contributed by atoms with Gasteiger partial charge in [0, 0.05) is 35.5 Å². The Bertz CT molecular complexity index is 2380. The molecule has 0 aliphatic carbocycles. The van der Waals surface area contributed by atoms with Crippen molar-refractivity contribution in [2.45, 2.75) is 13.8 Å². The van der Waals surface area contributed by atoms with Crippen LogP contribution in [0.4, 0.5) is 11.4 Å². The number of hydrogen-bond donors (Lipinski definition) is 2. The summed E-state index contributed by atoms with van der Waals surface area (Å²) in [6, 6.07) is 45.0. The second-order valence-corrected chi connectivity index (χ2v) is 11.8. The number of aliphatic carboxylic acids is 2. The third kappa shape index (κ3) is 13.6. The minimum atomic E-state index is -1.08. The van der Waals surface area contributed by atoms with Crippen molar-refractivity contribution >= 4 is 57.8 Å². The fourth-order valence-corrected chi connectivity index (χ4v) is 5.19. The quantitative estimate of drug-likeness (QED) is 0.158. The van der Waals surface area contributed by atoms with E-state index in [1.807, 2.05) is 109 Å². The predicted octanol–water partition coefficient (Wildman–Crippen LogP) is 5.62. The number of hydrogen-bond acceptors (Lipinski definition) is 10. The molecule has 8 aromatic rings. The molecular formula is C44H34Cd2N6O6. The summed E-state index contributed by atoms with van der Waals surface area (Å²) in [4.78, 5) is 42.7. The van der Waals surface area contributed by atoms with E-state index in [1.54, 1.807) is 36.7 Å². The van der Waals surface area contributed by atoms with Crippen molar-refractivity contribution in [2.24, 2.45) is 9.98 Å². The number of nitrogens with zero attached hydrogens (tertiary/aromatic N) is 4. The molecule has 0 saturated heterocycles. The fourth-order valence-electron chi connectivity index (χ4n) is 5.19. The number of carboxylic acid groups (broad SMARTS) is 2. The number of H-pyrrole nitrogens is 2. The number of rotatable bonds is 6. The summed E-state index contributed by atoms with van der Waals surface area (Å²) in [5, 5.41) is 41.4. The van der Waals surface area contributed by atoms with Crippen molar-refractivity contribution in [1.82, 2.24) is 19.9 Å². The van der Waals surface area contributed by atoms with Gasteiger partial charge in [-0.15, -0.1) is 11.5 Å². The van der Waals surface area contributed by atoms with Crippen LogP contribution in [0.3, 0.4) is 0 Å². The molecule has 0 unspecified atom stereocenters. The van der Waals surface area contributed by atoms with Crippen LogP contribution in [0, 0.1) is 0 Å². The summed E-state index contributed by atoms with van der Waals surface area (Å²) < 4.78 is 0. The molecule has 58 heavy (non-hydrogen) atoms. The van der Waals surface area contributed by atoms with E-state index in [1.165, 1.54) is 12.1 Å². The van der Waals surface area contributed by atoms with Crippen LogP contribution in [0.15, 0.2) is 156 Å². The van der Waals surface area contributed by atoms with Crippen LogP contribution in [0.2, 0.25) is 0 Å². The van der Waals surface area contributed by atoms with Gasteiger partial charge >= 0.3 is 54.6 Å². The van der Waals surface area contributed by atoms with E-state index in [-0.39, 0.29) is 66.1 Å². The van der Waals surface area contributed by atoms with Gasteiger partial charge in [0.05, 0.1) is 33.4 Å². The first-order valence-corrected chi connectivity index (χ1v) is 17.1. The number of para-hydroxylation sites is 8. The van der Waals surface area contributed by atoms with Crippen molar-refractivity contribution in [3.05, 3.63) is 157 Å². The summed E-state index contributed by atoms with van der Waals surface area (Å²) in [5.74, 6) is -0.719. The van der Waals surface area contributed by atoms with E-state index >= 15 is 0 Å². The van der Waals surface area contributed by atoms with E-state index in [0.717, 1.165) is 70.1 Å². The summed E-state index contributed by atoms with van der Waals surface area (Å²) >= 11 is 0. The molecule has 280 valence electrons. The minimum Gasteiger partial charge on any atom is -0.872 e. The number of benzene rings is 6. The van der Waals surface area contributed by atoms with Crippen LogP contribution in [-0.2, 0) is 64.2 Å². The first-order valence-electron chi connectivity index (χ1n) is 17.1. The molecule has 0 aliphatic heterocycles. The van der Waals surface area contributed by atoms with Gasteiger partial charge in [-0.1, -0.05) is 97.1 Å². The number of carbonyl (C=O) groups excluding carboxylic acids is 2. The largest absolute Gasteiger partial charge is 2.00 e. The van der Waals surface area contributed by atoms with Gasteiger partial charge < -0.3 is 40.0 Å². The average Bonchev–Trinajstić information content (AvgIpc) is 3.82. The topological polar surface area (TPSA) is 208 Å². The number of carboxylic acids is 2. The SMILES string of the molecule is CC(=O)[O-].CC(=O)[O-].[Cd+2].[Cd+2].[O-]c1ccccc1C=Nc1ccccc1-c1nc2ccccc2[nH]1.[O-]c1ccccc1C=Nc1ccccc1-c1nc2ccccc2[nH]1. The number of fused-ring (bicyclic) bond motifs is 2. The van der Waals surface area contributed by atoms with Crippen LogP contribution in [0.1, 0.15) is 25.0 Å². The van der Waals surface area contributed by atoms with Gasteiger partial charge in [0.2, 0.25) is 0 Å². The third-order valence-electron chi connectivity index (χ3n) is 7.62. The molecule has 0 amide bonds. The Labute approximate surface area is 374 Å². The number of aliphatic imine (C=N–C) groups is 2. The summed E-state index contributed by atoms with van der Waals surface area (Å²) in [5.41, 5.74) is 8.25. The van der Waals surface area contributed by atoms with Gasteiger partial charge in [0.1, 0.15) is 11.6 Å². The molecular weight excluding hydrogens is 933 g/mol. The molecule has 0 fully saturated rings. The van der Waals surface area contributed by atoms with Crippen LogP contribution in [0.5, 0.6) is 11.5 Å². The first kappa shape index (κ1) is 46.4. The van der Waals surface area contributed by atoms with Crippen molar-refractivity contribution in [3.63, 3.8) is 0 Å². The van der Waals surface area contributed by atoms with Gasteiger partial charge in [-0.2, -0.15) is 0 Å². The van der Waals surface area contributed by atoms with Crippen LogP contribution in [0.25, 0.3) is 44.8 Å². The van der Waals surface area contributed by atoms with Gasteiger partial charge in [0.25, 0.3) is 0 Å². The second kappa shape index (κ2) is 23.3. The van der Waals surface area contributed by atoms with Crippen LogP contribution >= 0.6 is 0 Å². The number of imidazole rings is 2. The molecule has 0 aliphatic rings. The maximum Gasteiger partial charge on any atom is 2.00 e. The standard InChI is InChI=1S/2C20H15N3O.2C2H4O2.2Cd/c2*24-19-12-6-1-7-14(19)13-21-16-9-3-2-8-15(16)20-22-17-10-4-5-11-18(17)23-20;2*1-2(3)4;;/h2*1-13,24H,(H,22,23);2*1H3,(H,3,4);;/q;;;;2*+2/p-4. The molecule has 2 N–H and O–H groups in total. The predicted molar refractivity (Wildman–Crippen MR) is 211 cm³/mol. The number of aromatic nitrogens is 4. The second-order valence-electron chi connectivity index (χ2n) is 11.8. The van der Waals surface area contributed by atoms with Gasteiger partial charge in [-0.05, 0) is 73.5 Å². The van der Waals surface area contributed by atoms with Gasteiger partial charge in [0.15, 0.2) is 0 Å². The van der Waals surface area contributed by atoms with Crippen molar-refractivity contribution in [1.29, 1.82) is 0 Å². The van der Waals surface area contributed by atoms with Crippen molar-refractivity contribution in [2.75, 3.05) is 0 Å². The van der Waals surface area contributed by atoms with E-state index in [0.29, 0.717) is 11.1 Å². The van der Waals surface area contributed by atoms with Crippen molar-refractivity contribution in [3.8, 4) is 34.3 Å². The smallest absolute Gasteiger partial charge is 0.872 e. The molecule has 0 spiro atoms. The number of aromatic amines is 2. The maximum atomic E-state index is 11.8. The summed E-state index contributed by atoms with van der Waals surface area (Å²) in [7, 11) is 0. The molecule has 0 atom stereocenters. The molecule has 0 bridgehead atoms. The molecule has 0 radical (unpaired) electrons. The Morgan fingerprint density at radius 2 is 0.810 bits per heavy atom. The maximum absolute atomic E-state index is 11.8. The van der Waals surface area contributed by atoms with Crippen molar-refractivity contribution < 1.29 is 84.6 Å². The molecule has 6 aromatic carbocycles. The molecule has 8 rings (SSSR count). The summed E-state index contributed by atoms with van der Waals surface area (Å²) in [6.07, 6.45) is 3.20. The Morgan fingerprint density at radius 1 is 0.500 bits per heavy atom. The number of nitrogens with one attached hydrogen (secondary N) is 2. The monoisotopic (exact) mass is 970 g/mol. The Balaban J connectivity index is 0.000000255. The Morgan fingerprint density at radius 3 is 1.17 bits per heavy atom. The average molecular weight is 968 g/mol. The van der Waals surface area contributed by atoms with E-state index < -0.39 is 11.9 Å². The Kier molecular flexibility index (Phi) is 18.6. The minimum absolute atomic E-state index is 0. The van der Waals surface area contributed by atoms with E-state index in [4.69, 9.17) is 19.8 Å². The zero-order chi connectivity index (χ0) is 39.9. The zero-order valence-corrected chi connectivity index (χ0v) is 39.7. The molecule has 12 nitrogen and oxygen atoms in total. The molecule has 14 heteroatoms. The Hall–Kier alpha value is -6.02. The van der Waals surface area contributed by atoms with E-state index in [2.05, 4.69) is 29.9 Å².